The van der Waals surface area contributed by atoms with Gasteiger partial charge in [0, 0.05) is 18.2 Å². The third-order valence-electron chi connectivity index (χ3n) is 4.16. The van der Waals surface area contributed by atoms with Crippen molar-refractivity contribution in [2.75, 3.05) is 0 Å². The van der Waals surface area contributed by atoms with Crippen LogP contribution in [0.5, 0.6) is 0 Å². The number of H-pyrrole nitrogens is 1. The zero-order valence-corrected chi connectivity index (χ0v) is 13.3. The van der Waals surface area contributed by atoms with Gasteiger partial charge in [-0.15, -0.1) is 0 Å². The highest BCUT2D eigenvalue weighted by atomic mass is 19.4. The van der Waals surface area contributed by atoms with Gasteiger partial charge in [0.15, 0.2) is 0 Å². The van der Waals surface area contributed by atoms with Crippen molar-refractivity contribution in [1.82, 2.24) is 20.8 Å². The smallest absolute Gasteiger partial charge is 0.335 e. The van der Waals surface area contributed by atoms with Crippen LogP contribution in [-0.2, 0) is 6.42 Å². The van der Waals surface area contributed by atoms with Crippen molar-refractivity contribution in [3.05, 3.63) is 17.5 Å². The van der Waals surface area contributed by atoms with Crippen molar-refractivity contribution >= 4 is 6.03 Å². The molecule has 0 aromatic carbocycles. The average Bonchev–Trinajstić information content (AvgIpc) is 3.06. The Morgan fingerprint density at radius 1 is 1.39 bits per heavy atom. The Bertz CT molecular complexity index is 523. The molecular weight excluding hydrogens is 309 g/mol. The fraction of sp³-hybridized carbons (Fsp3) is 0.733. The van der Waals surface area contributed by atoms with E-state index in [4.69, 9.17) is 0 Å². The molecule has 8 heteroatoms. The summed E-state index contributed by atoms with van der Waals surface area (Å²) >= 11 is 0. The summed E-state index contributed by atoms with van der Waals surface area (Å²) in [5, 5.41) is 11.5. The predicted molar refractivity (Wildman–Crippen MR) is 80.0 cm³/mol. The van der Waals surface area contributed by atoms with Crippen molar-refractivity contribution in [3.8, 4) is 0 Å². The lowest BCUT2D eigenvalue weighted by molar-refractivity contribution is -0.164. The van der Waals surface area contributed by atoms with Gasteiger partial charge in [-0.3, -0.25) is 5.10 Å². The molecular formula is C15H23F3N4O. The molecule has 5 nitrogen and oxygen atoms in total. The van der Waals surface area contributed by atoms with Gasteiger partial charge in [0.05, 0.1) is 5.69 Å². The molecule has 0 aliphatic heterocycles. The third-order valence-corrected chi connectivity index (χ3v) is 4.16. The molecule has 23 heavy (non-hydrogen) atoms. The minimum atomic E-state index is -4.42. The van der Waals surface area contributed by atoms with Crippen LogP contribution in [0.15, 0.2) is 6.07 Å². The molecule has 0 spiro atoms. The predicted octanol–water partition coefficient (Wildman–Crippen LogP) is 3.07. The maximum atomic E-state index is 13.2. The minimum Gasteiger partial charge on any atom is -0.335 e. The number of aromatic amines is 1. The van der Waals surface area contributed by atoms with E-state index in [1.165, 1.54) is 0 Å². The molecule has 0 radical (unpaired) electrons. The lowest BCUT2D eigenvalue weighted by atomic mass is 9.98. The van der Waals surface area contributed by atoms with Gasteiger partial charge in [0.1, 0.15) is 6.04 Å². The molecule has 130 valence electrons. The lowest BCUT2D eigenvalue weighted by Crippen LogP contribution is -2.54. The van der Waals surface area contributed by atoms with Crippen molar-refractivity contribution in [2.45, 2.75) is 64.2 Å². The number of nitrogens with one attached hydrogen (secondary N) is 3. The molecule has 1 aromatic rings. The van der Waals surface area contributed by atoms with E-state index in [2.05, 4.69) is 20.8 Å². The Morgan fingerprint density at radius 2 is 2.04 bits per heavy atom. The third kappa shape index (κ3) is 5.14. The van der Waals surface area contributed by atoms with Crippen molar-refractivity contribution in [1.29, 1.82) is 0 Å². The van der Waals surface area contributed by atoms with Crippen LogP contribution in [0.25, 0.3) is 0 Å². The van der Waals surface area contributed by atoms with Crippen molar-refractivity contribution in [2.24, 2.45) is 5.92 Å². The molecule has 1 aliphatic rings. The van der Waals surface area contributed by atoms with Gasteiger partial charge in [-0.1, -0.05) is 12.8 Å². The molecule has 1 saturated carbocycles. The number of amides is 2. The van der Waals surface area contributed by atoms with Crippen LogP contribution in [0, 0.1) is 12.8 Å². The summed E-state index contributed by atoms with van der Waals surface area (Å²) < 4.78 is 39.5. The topological polar surface area (TPSA) is 69.8 Å². The number of alkyl halides is 3. The average molecular weight is 332 g/mol. The van der Waals surface area contributed by atoms with Gasteiger partial charge in [-0.25, -0.2) is 4.79 Å². The number of halogens is 3. The first-order valence-corrected chi connectivity index (χ1v) is 7.90. The second kappa shape index (κ2) is 7.23. The Labute approximate surface area is 133 Å². The van der Waals surface area contributed by atoms with Crippen molar-refractivity contribution < 1.29 is 18.0 Å². The SMILES string of the molecule is Cc1cc(C[C@@H](C)NC(=O)N[C@H](C2CCCC2)C(F)(F)F)n[nH]1. The van der Waals surface area contributed by atoms with Crippen molar-refractivity contribution in [3.63, 3.8) is 0 Å². The molecule has 2 atom stereocenters. The van der Waals surface area contributed by atoms with E-state index < -0.39 is 24.2 Å². The van der Waals surface area contributed by atoms with Gasteiger partial charge in [0.25, 0.3) is 0 Å². The number of carbonyl (C=O) groups excluding carboxylic acids is 1. The van der Waals surface area contributed by atoms with Gasteiger partial charge in [0.2, 0.25) is 0 Å². The molecule has 1 heterocycles. The molecule has 2 amide bonds. The highest BCUT2D eigenvalue weighted by Crippen LogP contribution is 2.35. The van der Waals surface area contributed by atoms with Gasteiger partial charge < -0.3 is 10.6 Å². The van der Waals surface area contributed by atoms with Crippen LogP contribution in [0.1, 0.15) is 44.0 Å². The van der Waals surface area contributed by atoms with E-state index in [0.717, 1.165) is 24.2 Å². The molecule has 1 aliphatic carbocycles. The number of aromatic nitrogens is 2. The quantitative estimate of drug-likeness (QED) is 0.775. The van der Waals surface area contributed by atoms with Gasteiger partial charge >= 0.3 is 12.2 Å². The fourth-order valence-corrected chi connectivity index (χ4v) is 3.11. The van der Waals surface area contributed by atoms with E-state index in [9.17, 15) is 18.0 Å². The number of rotatable bonds is 5. The second-order valence-corrected chi connectivity index (χ2v) is 6.33. The van der Waals surface area contributed by atoms with Crippen LogP contribution in [0.4, 0.5) is 18.0 Å². The zero-order chi connectivity index (χ0) is 17.0. The number of carbonyl (C=O) groups is 1. The van der Waals surface area contributed by atoms with Crippen LogP contribution in [0.2, 0.25) is 0 Å². The molecule has 1 aromatic heterocycles. The zero-order valence-electron chi connectivity index (χ0n) is 13.3. The van der Waals surface area contributed by atoms with Crippen LogP contribution >= 0.6 is 0 Å². The maximum Gasteiger partial charge on any atom is 0.408 e. The Hall–Kier alpha value is -1.73. The van der Waals surface area contributed by atoms with Gasteiger partial charge in [-0.2, -0.15) is 18.3 Å². The lowest BCUT2D eigenvalue weighted by Gasteiger charge is -2.27. The van der Waals surface area contributed by atoms with E-state index >= 15 is 0 Å². The van der Waals surface area contributed by atoms with E-state index in [-0.39, 0.29) is 6.04 Å². The van der Waals surface area contributed by atoms with Crippen LogP contribution < -0.4 is 10.6 Å². The standard InChI is InChI=1S/C15H23F3N4O/c1-9(7-12-8-10(2)21-22-12)19-14(23)20-13(15(16,17)18)11-5-3-4-6-11/h8-9,11,13H,3-7H2,1-2H3,(H,21,22)(H2,19,20,23)/t9-,13-/m1/s1. The first-order chi connectivity index (χ1) is 10.8. The number of nitrogens with zero attached hydrogens (tertiary/aromatic N) is 1. The molecule has 0 saturated heterocycles. The highest BCUT2D eigenvalue weighted by Gasteiger charge is 2.46. The summed E-state index contributed by atoms with van der Waals surface area (Å²) in [6.07, 6.45) is -1.38. The molecule has 1 fully saturated rings. The van der Waals surface area contributed by atoms with Crippen LogP contribution in [-0.4, -0.2) is 34.5 Å². The summed E-state index contributed by atoms with van der Waals surface area (Å²) in [5.74, 6) is -0.523. The summed E-state index contributed by atoms with van der Waals surface area (Å²) in [5.41, 5.74) is 1.66. The van der Waals surface area contributed by atoms with E-state index in [1.54, 1.807) is 6.92 Å². The summed E-state index contributed by atoms with van der Waals surface area (Å²) in [7, 11) is 0. The number of hydrogen-bond donors (Lipinski definition) is 3. The maximum absolute atomic E-state index is 13.2. The summed E-state index contributed by atoms with van der Waals surface area (Å²) in [6, 6.07) is -1.02. The molecule has 0 unspecified atom stereocenters. The Morgan fingerprint density at radius 3 is 2.57 bits per heavy atom. The van der Waals surface area contributed by atoms with Crippen LogP contribution in [0.3, 0.4) is 0 Å². The molecule has 2 rings (SSSR count). The number of aryl methyl sites for hydroxylation is 1. The Kier molecular flexibility index (Phi) is 5.54. The summed E-state index contributed by atoms with van der Waals surface area (Å²) in [4.78, 5) is 11.9. The minimum absolute atomic E-state index is 0.310. The summed E-state index contributed by atoms with van der Waals surface area (Å²) in [6.45, 7) is 3.60. The first kappa shape index (κ1) is 17.6. The highest BCUT2D eigenvalue weighted by molar-refractivity contribution is 5.74. The normalized spacial score (nSPS) is 18.7. The largest absolute Gasteiger partial charge is 0.408 e. The first-order valence-electron chi connectivity index (χ1n) is 7.90. The molecule has 0 bridgehead atoms. The second-order valence-electron chi connectivity index (χ2n) is 6.33. The number of hydrogen-bond acceptors (Lipinski definition) is 2. The van der Waals surface area contributed by atoms with E-state index in [0.29, 0.717) is 19.3 Å². The van der Waals surface area contributed by atoms with E-state index in [1.807, 2.05) is 13.0 Å². The van der Waals surface area contributed by atoms with Gasteiger partial charge in [-0.05, 0) is 38.7 Å². The Balaban J connectivity index is 1.88. The fourth-order valence-electron chi connectivity index (χ4n) is 3.11. The molecule has 3 N–H and O–H groups in total. The monoisotopic (exact) mass is 332 g/mol. The number of urea groups is 1.